The lowest BCUT2D eigenvalue weighted by Crippen LogP contribution is -2.36. The molecule has 0 atom stereocenters. The largest absolute Gasteiger partial charge is 0.474 e. The number of hydrogen-bond donors (Lipinski definition) is 0. The maximum atomic E-state index is 12.7. The topological polar surface area (TPSA) is 58.6 Å². The fraction of sp³-hybridized carbons (Fsp3) is 0.696. The number of rotatable bonds is 7. The monoisotopic (exact) mass is 430 g/mol. The summed E-state index contributed by atoms with van der Waals surface area (Å²) in [6.45, 7) is 3.64. The molecule has 1 aliphatic heterocycles. The van der Waals surface area contributed by atoms with Crippen LogP contribution in [0.15, 0.2) is 6.33 Å². The lowest BCUT2D eigenvalue weighted by Gasteiger charge is -2.32. The molecular formula is C23H34N4O2S. The van der Waals surface area contributed by atoms with Crippen molar-refractivity contribution in [3.05, 3.63) is 16.8 Å². The molecule has 164 valence electrons. The Kier molecular flexibility index (Phi) is 6.88. The Morgan fingerprint density at radius 1 is 1.23 bits per heavy atom. The molecule has 0 saturated heterocycles. The highest BCUT2D eigenvalue weighted by atomic mass is 32.1. The first-order valence-corrected chi connectivity index (χ1v) is 12.2. The average molecular weight is 431 g/mol. The van der Waals surface area contributed by atoms with E-state index in [0.29, 0.717) is 24.9 Å². The van der Waals surface area contributed by atoms with Crippen molar-refractivity contribution in [1.29, 1.82) is 0 Å². The van der Waals surface area contributed by atoms with E-state index in [2.05, 4.69) is 35.9 Å². The van der Waals surface area contributed by atoms with Gasteiger partial charge >= 0.3 is 0 Å². The molecule has 0 unspecified atom stereocenters. The van der Waals surface area contributed by atoms with E-state index in [0.717, 1.165) is 68.1 Å². The van der Waals surface area contributed by atoms with E-state index < -0.39 is 0 Å². The molecule has 0 bridgehead atoms. The molecule has 0 N–H and O–H groups in total. The van der Waals surface area contributed by atoms with Crippen LogP contribution in [0.2, 0.25) is 0 Å². The highest BCUT2D eigenvalue weighted by Gasteiger charge is 2.29. The second-order valence-corrected chi connectivity index (χ2v) is 9.98. The van der Waals surface area contributed by atoms with Gasteiger partial charge in [-0.05, 0) is 52.6 Å². The number of aromatic nitrogens is 2. The summed E-state index contributed by atoms with van der Waals surface area (Å²) in [5.74, 6) is 0.987. The Morgan fingerprint density at radius 2 is 2.03 bits per heavy atom. The molecular weight excluding hydrogens is 396 g/mol. The maximum absolute atomic E-state index is 12.7. The standard InChI is InChI=1S/C23H34N4O2S/c1-4-5-6-7-20(28)27-13-12-19-18(14-27)21-22(24-15-25-23(21)30-19)29-17-10-8-16(9-11-17)26(2)3/h15-17H,4-14H2,1-3H3. The van der Waals surface area contributed by atoms with Crippen molar-refractivity contribution in [3.63, 3.8) is 0 Å². The number of amides is 1. The predicted octanol–water partition coefficient (Wildman–Crippen LogP) is 4.41. The molecule has 6 nitrogen and oxygen atoms in total. The van der Waals surface area contributed by atoms with Gasteiger partial charge < -0.3 is 14.5 Å². The summed E-state index contributed by atoms with van der Waals surface area (Å²) in [6, 6.07) is 0.649. The number of thiophene rings is 1. The average Bonchev–Trinajstić information content (AvgIpc) is 3.13. The molecule has 3 heterocycles. The second-order valence-electron chi connectivity index (χ2n) is 8.90. The van der Waals surface area contributed by atoms with Crippen LogP contribution >= 0.6 is 11.3 Å². The lowest BCUT2D eigenvalue weighted by atomic mass is 9.92. The number of unbranched alkanes of at least 4 members (excludes halogenated alkanes) is 2. The zero-order chi connectivity index (χ0) is 21.1. The first kappa shape index (κ1) is 21.5. The fourth-order valence-corrected chi connectivity index (χ4v) is 5.84. The van der Waals surface area contributed by atoms with E-state index in [-0.39, 0.29) is 12.0 Å². The maximum Gasteiger partial charge on any atom is 0.225 e. The minimum atomic E-state index is 0.213. The van der Waals surface area contributed by atoms with Crippen LogP contribution in [0, 0.1) is 0 Å². The summed E-state index contributed by atoms with van der Waals surface area (Å²) < 4.78 is 6.43. The third-order valence-electron chi connectivity index (χ3n) is 6.59. The molecule has 30 heavy (non-hydrogen) atoms. The van der Waals surface area contributed by atoms with Crippen molar-refractivity contribution in [2.45, 2.75) is 83.4 Å². The zero-order valence-corrected chi connectivity index (χ0v) is 19.3. The Morgan fingerprint density at radius 3 is 2.77 bits per heavy atom. The highest BCUT2D eigenvalue weighted by molar-refractivity contribution is 7.18. The van der Waals surface area contributed by atoms with Gasteiger partial charge in [0, 0.05) is 36.0 Å². The first-order chi connectivity index (χ1) is 14.6. The number of carbonyl (C=O) groups excluding carboxylic acids is 1. The van der Waals surface area contributed by atoms with Gasteiger partial charge in [-0.15, -0.1) is 11.3 Å². The van der Waals surface area contributed by atoms with Gasteiger partial charge in [-0.25, -0.2) is 9.97 Å². The van der Waals surface area contributed by atoms with E-state index in [1.54, 1.807) is 17.7 Å². The van der Waals surface area contributed by atoms with E-state index in [9.17, 15) is 4.79 Å². The van der Waals surface area contributed by atoms with Crippen LogP contribution in [-0.2, 0) is 17.8 Å². The highest BCUT2D eigenvalue weighted by Crippen LogP contribution is 2.39. The van der Waals surface area contributed by atoms with Crippen molar-refractivity contribution < 1.29 is 9.53 Å². The Balaban J connectivity index is 1.50. The number of nitrogens with zero attached hydrogens (tertiary/aromatic N) is 4. The van der Waals surface area contributed by atoms with Crippen LogP contribution in [0.25, 0.3) is 10.2 Å². The normalized spacial score (nSPS) is 21.8. The molecule has 7 heteroatoms. The van der Waals surface area contributed by atoms with Gasteiger partial charge in [0.15, 0.2) is 0 Å². The molecule has 2 aromatic heterocycles. The van der Waals surface area contributed by atoms with Gasteiger partial charge in [0.05, 0.1) is 5.39 Å². The Hall–Kier alpha value is -1.73. The smallest absolute Gasteiger partial charge is 0.225 e. The molecule has 1 saturated carbocycles. The van der Waals surface area contributed by atoms with Crippen LogP contribution in [0.1, 0.15) is 68.7 Å². The summed E-state index contributed by atoms with van der Waals surface area (Å²) in [5.41, 5.74) is 1.21. The summed E-state index contributed by atoms with van der Waals surface area (Å²) in [6.07, 6.45) is 11.1. The van der Waals surface area contributed by atoms with Crippen molar-refractivity contribution in [3.8, 4) is 5.88 Å². The SMILES string of the molecule is CCCCCC(=O)N1CCc2sc3ncnc(OC4CCC(N(C)C)CC4)c3c2C1. The first-order valence-electron chi connectivity index (χ1n) is 11.4. The van der Waals surface area contributed by atoms with Gasteiger partial charge in [0.2, 0.25) is 11.8 Å². The van der Waals surface area contributed by atoms with Crippen LogP contribution in [0.4, 0.5) is 0 Å². The lowest BCUT2D eigenvalue weighted by molar-refractivity contribution is -0.132. The third-order valence-corrected chi connectivity index (χ3v) is 7.79. The number of fused-ring (bicyclic) bond motifs is 3. The summed E-state index contributed by atoms with van der Waals surface area (Å²) in [4.78, 5) is 28.4. The van der Waals surface area contributed by atoms with E-state index >= 15 is 0 Å². The van der Waals surface area contributed by atoms with Crippen LogP contribution in [-0.4, -0.2) is 58.5 Å². The van der Waals surface area contributed by atoms with E-state index in [1.807, 2.05) is 4.90 Å². The van der Waals surface area contributed by atoms with Crippen molar-refractivity contribution in [1.82, 2.24) is 19.8 Å². The molecule has 0 radical (unpaired) electrons. The Bertz CT molecular complexity index is 873. The molecule has 0 aromatic carbocycles. The van der Waals surface area contributed by atoms with Crippen molar-refractivity contribution in [2.24, 2.45) is 0 Å². The van der Waals surface area contributed by atoms with Crippen molar-refractivity contribution >= 4 is 27.5 Å². The van der Waals surface area contributed by atoms with Gasteiger partial charge in [-0.1, -0.05) is 19.8 Å². The van der Waals surface area contributed by atoms with Crippen LogP contribution < -0.4 is 4.74 Å². The van der Waals surface area contributed by atoms with E-state index in [1.165, 1.54) is 10.4 Å². The predicted molar refractivity (Wildman–Crippen MR) is 121 cm³/mol. The molecule has 1 aliphatic carbocycles. The fourth-order valence-electron chi connectivity index (χ4n) is 4.71. The third kappa shape index (κ3) is 4.62. The number of carbonyl (C=O) groups is 1. The molecule has 2 aromatic rings. The quantitative estimate of drug-likeness (QED) is 0.609. The molecule has 4 rings (SSSR count). The summed E-state index contributed by atoms with van der Waals surface area (Å²) >= 11 is 1.74. The van der Waals surface area contributed by atoms with E-state index in [4.69, 9.17) is 4.74 Å². The van der Waals surface area contributed by atoms with Gasteiger partial charge in [-0.3, -0.25) is 4.79 Å². The molecule has 2 aliphatic rings. The Labute approximate surface area is 183 Å². The summed E-state index contributed by atoms with van der Waals surface area (Å²) in [5, 5.41) is 1.04. The molecule has 1 fully saturated rings. The van der Waals surface area contributed by atoms with Crippen LogP contribution in [0.3, 0.4) is 0 Å². The number of hydrogen-bond acceptors (Lipinski definition) is 6. The van der Waals surface area contributed by atoms with Gasteiger partial charge in [0.1, 0.15) is 17.3 Å². The molecule has 1 amide bonds. The number of ether oxygens (including phenoxy) is 1. The minimum Gasteiger partial charge on any atom is -0.474 e. The van der Waals surface area contributed by atoms with Gasteiger partial charge in [-0.2, -0.15) is 0 Å². The summed E-state index contributed by atoms with van der Waals surface area (Å²) in [7, 11) is 4.32. The minimum absolute atomic E-state index is 0.213. The molecule has 0 spiro atoms. The zero-order valence-electron chi connectivity index (χ0n) is 18.5. The second kappa shape index (κ2) is 9.60. The van der Waals surface area contributed by atoms with Crippen molar-refractivity contribution in [2.75, 3.05) is 20.6 Å². The van der Waals surface area contributed by atoms with Gasteiger partial charge in [0.25, 0.3) is 0 Å². The van der Waals surface area contributed by atoms with Crippen LogP contribution in [0.5, 0.6) is 5.88 Å².